The minimum absolute atomic E-state index is 0.0140. The molecule has 1 aliphatic rings. The Hall–Kier alpha value is -1.64. The third-order valence-electron chi connectivity index (χ3n) is 3.52. The van der Waals surface area contributed by atoms with Crippen molar-refractivity contribution in [3.05, 3.63) is 71.3 Å². The smallest absolute Gasteiger partial charge is 0.0958 e. The van der Waals surface area contributed by atoms with Gasteiger partial charge in [-0.2, -0.15) is 0 Å². The van der Waals surface area contributed by atoms with Gasteiger partial charge < -0.3 is 10.5 Å². The number of ether oxygens (including phenoxy) is 1. The molecule has 18 heavy (non-hydrogen) atoms. The summed E-state index contributed by atoms with van der Waals surface area (Å²) in [6, 6.07) is 18.8. The molecule has 0 bridgehead atoms. The van der Waals surface area contributed by atoms with Crippen LogP contribution in [0, 0.1) is 0 Å². The molecule has 1 aliphatic heterocycles. The molecule has 0 aliphatic carbocycles. The van der Waals surface area contributed by atoms with Gasteiger partial charge in [-0.05, 0) is 16.7 Å². The second-order valence-electron chi connectivity index (χ2n) is 4.66. The molecule has 1 heterocycles. The van der Waals surface area contributed by atoms with Crippen molar-refractivity contribution < 1.29 is 4.74 Å². The van der Waals surface area contributed by atoms with Crippen LogP contribution in [0.5, 0.6) is 0 Å². The van der Waals surface area contributed by atoms with Gasteiger partial charge in [0.2, 0.25) is 0 Å². The zero-order valence-electron chi connectivity index (χ0n) is 10.3. The summed E-state index contributed by atoms with van der Waals surface area (Å²) in [5.74, 6) is 0. The van der Waals surface area contributed by atoms with Crippen LogP contribution in [-0.2, 0) is 11.2 Å². The summed E-state index contributed by atoms with van der Waals surface area (Å²) >= 11 is 0. The molecule has 2 atom stereocenters. The normalized spacial score (nSPS) is 22.5. The lowest BCUT2D eigenvalue weighted by Gasteiger charge is -2.32. The summed E-state index contributed by atoms with van der Waals surface area (Å²) in [5.41, 5.74) is 9.66. The Labute approximate surface area is 107 Å². The van der Waals surface area contributed by atoms with Crippen LogP contribution in [0.3, 0.4) is 0 Å². The molecule has 2 aromatic carbocycles. The van der Waals surface area contributed by atoms with Gasteiger partial charge >= 0.3 is 0 Å². The Kier molecular flexibility index (Phi) is 3.13. The van der Waals surface area contributed by atoms with Crippen molar-refractivity contribution in [1.82, 2.24) is 0 Å². The summed E-state index contributed by atoms with van der Waals surface area (Å²) in [4.78, 5) is 0. The van der Waals surface area contributed by atoms with E-state index >= 15 is 0 Å². The summed E-state index contributed by atoms with van der Waals surface area (Å²) in [6.45, 7) is 0.528. The number of nitrogens with two attached hydrogens (primary N) is 1. The average Bonchev–Trinajstić information content (AvgIpc) is 2.47. The first-order chi connectivity index (χ1) is 8.88. The molecular weight excluding hydrogens is 222 g/mol. The lowest BCUT2D eigenvalue weighted by atomic mass is 9.91. The van der Waals surface area contributed by atoms with E-state index in [1.54, 1.807) is 0 Å². The summed E-state index contributed by atoms with van der Waals surface area (Å²) in [6.07, 6.45) is 1.06. The molecule has 2 N–H and O–H groups in total. The van der Waals surface area contributed by atoms with E-state index in [9.17, 15) is 0 Å². The summed E-state index contributed by atoms with van der Waals surface area (Å²) in [7, 11) is 0. The number of rotatable bonds is 2. The van der Waals surface area contributed by atoms with Crippen molar-refractivity contribution >= 4 is 0 Å². The lowest BCUT2D eigenvalue weighted by molar-refractivity contribution is -0.0224. The Morgan fingerprint density at radius 3 is 2.50 bits per heavy atom. The van der Waals surface area contributed by atoms with Crippen LogP contribution in [-0.4, -0.2) is 6.54 Å². The topological polar surface area (TPSA) is 35.2 Å². The fourth-order valence-electron chi connectivity index (χ4n) is 2.60. The number of hydrogen-bond acceptors (Lipinski definition) is 2. The predicted molar refractivity (Wildman–Crippen MR) is 72.2 cm³/mol. The van der Waals surface area contributed by atoms with E-state index in [0.29, 0.717) is 6.54 Å². The molecule has 2 nitrogen and oxygen atoms in total. The first-order valence-corrected chi connectivity index (χ1v) is 6.37. The average molecular weight is 239 g/mol. The van der Waals surface area contributed by atoms with Crippen molar-refractivity contribution in [3.8, 4) is 0 Å². The number of hydrogen-bond donors (Lipinski definition) is 1. The molecule has 0 saturated heterocycles. The molecule has 0 fully saturated rings. The van der Waals surface area contributed by atoms with E-state index < -0.39 is 0 Å². The Morgan fingerprint density at radius 1 is 1.00 bits per heavy atom. The standard InChI is InChI=1S/C16H17NO/c17-11-16-14-9-5-4-8-13(14)10-15(18-16)12-6-2-1-3-7-12/h1-9,15-16H,10-11,17H2. The molecule has 3 rings (SSSR count). The largest absolute Gasteiger partial charge is 0.364 e. The van der Waals surface area contributed by atoms with Gasteiger partial charge in [-0.15, -0.1) is 0 Å². The highest BCUT2D eigenvalue weighted by molar-refractivity contribution is 5.34. The fraction of sp³-hybridized carbons (Fsp3) is 0.250. The Bertz CT molecular complexity index is 524. The van der Waals surface area contributed by atoms with Gasteiger partial charge in [-0.25, -0.2) is 0 Å². The third kappa shape index (κ3) is 2.05. The monoisotopic (exact) mass is 239 g/mol. The van der Waals surface area contributed by atoms with Gasteiger partial charge in [0, 0.05) is 13.0 Å². The first-order valence-electron chi connectivity index (χ1n) is 6.37. The minimum atomic E-state index is 0.0140. The maximum atomic E-state index is 6.12. The molecule has 2 unspecified atom stereocenters. The van der Waals surface area contributed by atoms with Crippen molar-refractivity contribution in [3.63, 3.8) is 0 Å². The zero-order chi connectivity index (χ0) is 12.4. The third-order valence-corrected chi connectivity index (χ3v) is 3.52. The van der Waals surface area contributed by atoms with Crippen molar-refractivity contribution in [1.29, 1.82) is 0 Å². The second-order valence-corrected chi connectivity index (χ2v) is 4.66. The van der Waals surface area contributed by atoms with E-state index in [1.807, 2.05) is 12.1 Å². The quantitative estimate of drug-likeness (QED) is 0.874. The van der Waals surface area contributed by atoms with Crippen LogP contribution in [0.1, 0.15) is 28.9 Å². The SMILES string of the molecule is NCC1OC(c2ccccc2)Cc2ccccc21. The Balaban J connectivity index is 1.95. The lowest BCUT2D eigenvalue weighted by Crippen LogP contribution is -2.25. The van der Waals surface area contributed by atoms with E-state index in [0.717, 1.165) is 6.42 Å². The highest BCUT2D eigenvalue weighted by atomic mass is 16.5. The van der Waals surface area contributed by atoms with Crippen LogP contribution in [0.4, 0.5) is 0 Å². The number of fused-ring (bicyclic) bond motifs is 1. The highest BCUT2D eigenvalue weighted by Crippen LogP contribution is 2.36. The molecule has 2 aromatic rings. The molecule has 0 spiro atoms. The molecule has 2 heteroatoms. The van der Waals surface area contributed by atoms with Gasteiger partial charge in [0.05, 0.1) is 12.2 Å². The van der Waals surface area contributed by atoms with Gasteiger partial charge in [0.25, 0.3) is 0 Å². The maximum Gasteiger partial charge on any atom is 0.0958 e. The summed E-state index contributed by atoms with van der Waals surface area (Å²) < 4.78 is 6.12. The van der Waals surface area contributed by atoms with E-state index in [4.69, 9.17) is 10.5 Å². The van der Waals surface area contributed by atoms with Crippen LogP contribution in [0.15, 0.2) is 54.6 Å². The van der Waals surface area contributed by atoms with Crippen molar-refractivity contribution in [2.75, 3.05) is 6.54 Å². The number of benzene rings is 2. The molecule has 0 aromatic heterocycles. The fourth-order valence-corrected chi connectivity index (χ4v) is 2.60. The zero-order valence-corrected chi connectivity index (χ0v) is 10.3. The van der Waals surface area contributed by atoms with E-state index in [2.05, 4.69) is 42.5 Å². The molecular formula is C16H17NO. The van der Waals surface area contributed by atoms with E-state index in [1.165, 1.54) is 16.7 Å². The van der Waals surface area contributed by atoms with Crippen LogP contribution in [0.2, 0.25) is 0 Å². The minimum Gasteiger partial charge on any atom is -0.364 e. The highest BCUT2D eigenvalue weighted by Gasteiger charge is 2.26. The second kappa shape index (κ2) is 4.92. The van der Waals surface area contributed by atoms with Crippen LogP contribution < -0.4 is 5.73 Å². The van der Waals surface area contributed by atoms with Crippen LogP contribution >= 0.6 is 0 Å². The van der Waals surface area contributed by atoms with Crippen LogP contribution in [0.25, 0.3) is 0 Å². The Morgan fingerprint density at radius 2 is 1.72 bits per heavy atom. The molecule has 0 saturated carbocycles. The molecule has 0 amide bonds. The summed E-state index contributed by atoms with van der Waals surface area (Å²) in [5, 5.41) is 0. The predicted octanol–water partition coefficient (Wildman–Crippen LogP) is 3.00. The molecule has 0 radical (unpaired) electrons. The molecule has 92 valence electrons. The van der Waals surface area contributed by atoms with E-state index in [-0.39, 0.29) is 12.2 Å². The van der Waals surface area contributed by atoms with Crippen molar-refractivity contribution in [2.24, 2.45) is 5.73 Å². The maximum absolute atomic E-state index is 6.12. The van der Waals surface area contributed by atoms with Crippen molar-refractivity contribution in [2.45, 2.75) is 18.6 Å². The van der Waals surface area contributed by atoms with Gasteiger partial charge in [0.15, 0.2) is 0 Å². The first kappa shape index (κ1) is 11.5. The van der Waals surface area contributed by atoms with Gasteiger partial charge in [-0.1, -0.05) is 54.6 Å². The van der Waals surface area contributed by atoms with Gasteiger partial charge in [0.1, 0.15) is 0 Å². The van der Waals surface area contributed by atoms with Gasteiger partial charge in [-0.3, -0.25) is 0 Å².